The molecule has 0 radical (unpaired) electrons. The first kappa shape index (κ1) is 17.7. The van der Waals surface area contributed by atoms with Gasteiger partial charge in [-0.05, 0) is 36.2 Å². The summed E-state index contributed by atoms with van der Waals surface area (Å²) in [6.07, 6.45) is 0.607. The Morgan fingerprint density at radius 1 is 1.00 bits per heavy atom. The SMILES string of the molecule is COc1cccc(NC(=O)C(C)Cc2ccc(OC)c(OC)c2)c1. The van der Waals surface area contributed by atoms with Crippen LogP contribution >= 0.6 is 0 Å². The van der Waals surface area contributed by atoms with Gasteiger partial charge in [0.15, 0.2) is 11.5 Å². The van der Waals surface area contributed by atoms with E-state index < -0.39 is 0 Å². The molecule has 2 aromatic carbocycles. The summed E-state index contributed by atoms with van der Waals surface area (Å²) in [7, 11) is 4.79. The van der Waals surface area contributed by atoms with Crippen LogP contribution in [-0.2, 0) is 11.2 Å². The van der Waals surface area contributed by atoms with Gasteiger partial charge in [0.25, 0.3) is 0 Å². The molecule has 0 bridgehead atoms. The molecule has 0 heterocycles. The van der Waals surface area contributed by atoms with Gasteiger partial charge in [-0.15, -0.1) is 0 Å². The van der Waals surface area contributed by atoms with Crippen LogP contribution in [0.25, 0.3) is 0 Å². The maximum absolute atomic E-state index is 12.4. The lowest BCUT2D eigenvalue weighted by atomic mass is 10.00. The Hall–Kier alpha value is -2.69. The number of nitrogens with one attached hydrogen (secondary N) is 1. The van der Waals surface area contributed by atoms with Crippen molar-refractivity contribution in [2.24, 2.45) is 5.92 Å². The van der Waals surface area contributed by atoms with E-state index in [0.717, 1.165) is 11.3 Å². The van der Waals surface area contributed by atoms with E-state index in [9.17, 15) is 4.79 Å². The molecule has 0 saturated carbocycles. The second-order valence-corrected chi connectivity index (χ2v) is 5.52. The summed E-state index contributed by atoms with van der Waals surface area (Å²) >= 11 is 0. The minimum absolute atomic E-state index is 0.0435. The van der Waals surface area contributed by atoms with E-state index in [0.29, 0.717) is 23.7 Å². The van der Waals surface area contributed by atoms with Gasteiger partial charge < -0.3 is 19.5 Å². The molecule has 0 saturated heterocycles. The highest BCUT2D eigenvalue weighted by Crippen LogP contribution is 2.28. The molecule has 5 nitrogen and oxygen atoms in total. The Bertz CT molecular complexity index is 700. The number of carbonyl (C=O) groups excluding carboxylic acids is 1. The molecule has 0 aromatic heterocycles. The van der Waals surface area contributed by atoms with E-state index in [1.54, 1.807) is 27.4 Å². The number of anilines is 1. The summed E-state index contributed by atoms with van der Waals surface area (Å²) in [6.45, 7) is 1.90. The number of benzene rings is 2. The average molecular weight is 329 g/mol. The second kappa shape index (κ2) is 8.24. The fraction of sp³-hybridized carbons (Fsp3) is 0.316. The highest BCUT2D eigenvalue weighted by Gasteiger charge is 2.15. The highest BCUT2D eigenvalue weighted by molar-refractivity contribution is 5.92. The summed E-state index contributed by atoms with van der Waals surface area (Å²) in [5.74, 6) is 1.82. The fourth-order valence-corrected chi connectivity index (χ4v) is 2.42. The van der Waals surface area contributed by atoms with Gasteiger partial charge in [-0.2, -0.15) is 0 Å². The van der Waals surface area contributed by atoms with E-state index in [2.05, 4.69) is 5.32 Å². The van der Waals surface area contributed by atoms with Crippen LogP contribution in [0.4, 0.5) is 5.69 Å². The molecule has 24 heavy (non-hydrogen) atoms. The van der Waals surface area contributed by atoms with Gasteiger partial charge in [0.1, 0.15) is 5.75 Å². The topological polar surface area (TPSA) is 56.8 Å². The van der Waals surface area contributed by atoms with Gasteiger partial charge >= 0.3 is 0 Å². The van der Waals surface area contributed by atoms with E-state index in [4.69, 9.17) is 14.2 Å². The molecule has 2 aromatic rings. The molecule has 1 N–H and O–H groups in total. The van der Waals surface area contributed by atoms with Crippen LogP contribution in [0.1, 0.15) is 12.5 Å². The van der Waals surface area contributed by atoms with Crippen LogP contribution < -0.4 is 19.5 Å². The van der Waals surface area contributed by atoms with Crippen molar-refractivity contribution >= 4 is 11.6 Å². The van der Waals surface area contributed by atoms with Crippen molar-refractivity contribution in [3.63, 3.8) is 0 Å². The molecule has 0 fully saturated rings. The van der Waals surface area contributed by atoms with Crippen LogP contribution in [0.2, 0.25) is 0 Å². The van der Waals surface area contributed by atoms with Crippen molar-refractivity contribution in [1.29, 1.82) is 0 Å². The number of hydrogen-bond donors (Lipinski definition) is 1. The summed E-state index contributed by atoms with van der Waals surface area (Å²) in [5.41, 5.74) is 1.74. The average Bonchev–Trinajstić information content (AvgIpc) is 2.61. The van der Waals surface area contributed by atoms with Crippen molar-refractivity contribution in [3.05, 3.63) is 48.0 Å². The standard InChI is InChI=1S/C19H23NO4/c1-13(10-14-8-9-17(23-3)18(11-14)24-4)19(21)20-15-6-5-7-16(12-15)22-2/h5-9,11-13H,10H2,1-4H3,(H,20,21). The van der Waals surface area contributed by atoms with Gasteiger partial charge in [-0.3, -0.25) is 4.79 Å². The van der Waals surface area contributed by atoms with E-state index in [-0.39, 0.29) is 11.8 Å². The molecular weight excluding hydrogens is 306 g/mol. The molecule has 1 amide bonds. The van der Waals surface area contributed by atoms with Gasteiger partial charge in [0.05, 0.1) is 21.3 Å². The van der Waals surface area contributed by atoms with Crippen LogP contribution in [-0.4, -0.2) is 27.2 Å². The smallest absolute Gasteiger partial charge is 0.227 e. The fourth-order valence-electron chi connectivity index (χ4n) is 2.42. The Morgan fingerprint density at radius 2 is 1.75 bits per heavy atom. The van der Waals surface area contributed by atoms with Crippen molar-refractivity contribution in [3.8, 4) is 17.2 Å². The van der Waals surface area contributed by atoms with Crippen LogP contribution in [0.15, 0.2) is 42.5 Å². The normalized spacial score (nSPS) is 11.5. The quantitative estimate of drug-likeness (QED) is 0.844. The minimum atomic E-state index is -0.186. The maximum atomic E-state index is 12.4. The molecule has 0 aliphatic carbocycles. The molecule has 1 atom stereocenters. The largest absolute Gasteiger partial charge is 0.497 e. The third kappa shape index (κ3) is 4.41. The van der Waals surface area contributed by atoms with Crippen molar-refractivity contribution < 1.29 is 19.0 Å². The first-order valence-electron chi connectivity index (χ1n) is 7.73. The molecule has 0 aliphatic heterocycles. The van der Waals surface area contributed by atoms with Gasteiger partial charge in [0.2, 0.25) is 5.91 Å². The third-order valence-electron chi connectivity index (χ3n) is 3.77. The van der Waals surface area contributed by atoms with Crippen molar-refractivity contribution in [2.75, 3.05) is 26.6 Å². The molecule has 128 valence electrons. The van der Waals surface area contributed by atoms with Gasteiger partial charge in [-0.25, -0.2) is 0 Å². The van der Waals surface area contributed by atoms with E-state index in [1.807, 2.05) is 43.3 Å². The highest BCUT2D eigenvalue weighted by atomic mass is 16.5. The summed E-state index contributed by atoms with van der Waals surface area (Å²) in [6, 6.07) is 13.0. The number of amides is 1. The lowest BCUT2D eigenvalue weighted by Crippen LogP contribution is -2.22. The van der Waals surface area contributed by atoms with Crippen molar-refractivity contribution in [1.82, 2.24) is 0 Å². The number of methoxy groups -OCH3 is 3. The molecule has 1 unspecified atom stereocenters. The molecule has 0 aliphatic rings. The zero-order valence-corrected chi connectivity index (χ0v) is 14.5. The Kier molecular flexibility index (Phi) is 6.07. The lowest BCUT2D eigenvalue weighted by Gasteiger charge is -2.14. The first-order chi connectivity index (χ1) is 11.6. The predicted molar refractivity (Wildman–Crippen MR) is 94.0 cm³/mol. The third-order valence-corrected chi connectivity index (χ3v) is 3.77. The zero-order valence-electron chi connectivity index (χ0n) is 14.5. The summed E-state index contributed by atoms with van der Waals surface area (Å²) < 4.78 is 15.7. The molecule has 0 spiro atoms. The van der Waals surface area contributed by atoms with Gasteiger partial charge in [-0.1, -0.05) is 19.1 Å². The minimum Gasteiger partial charge on any atom is -0.497 e. The molecule has 5 heteroatoms. The lowest BCUT2D eigenvalue weighted by molar-refractivity contribution is -0.119. The summed E-state index contributed by atoms with van der Waals surface area (Å²) in [5, 5.41) is 2.91. The number of rotatable bonds is 7. The Balaban J connectivity index is 2.03. The Morgan fingerprint density at radius 3 is 2.42 bits per heavy atom. The molecule has 2 rings (SSSR count). The van der Waals surface area contributed by atoms with E-state index >= 15 is 0 Å². The van der Waals surface area contributed by atoms with Gasteiger partial charge in [0, 0.05) is 17.7 Å². The zero-order chi connectivity index (χ0) is 17.5. The van der Waals surface area contributed by atoms with Crippen LogP contribution in [0.5, 0.6) is 17.2 Å². The van der Waals surface area contributed by atoms with Crippen LogP contribution in [0.3, 0.4) is 0 Å². The number of carbonyl (C=O) groups is 1. The number of ether oxygens (including phenoxy) is 3. The maximum Gasteiger partial charge on any atom is 0.227 e. The number of hydrogen-bond acceptors (Lipinski definition) is 4. The van der Waals surface area contributed by atoms with Crippen molar-refractivity contribution in [2.45, 2.75) is 13.3 Å². The second-order valence-electron chi connectivity index (χ2n) is 5.52. The first-order valence-corrected chi connectivity index (χ1v) is 7.73. The predicted octanol–water partition coefficient (Wildman–Crippen LogP) is 3.53. The monoisotopic (exact) mass is 329 g/mol. The Labute approximate surface area is 142 Å². The van der Waals surface area contributed by atoms with Crippen LogP contribution in [0, 0.1) is 5.92 Å². The van der Waals surface area contributed by atoms with E-state index in [1.165, 1.54) is 0 Å². The summed E-state index contributed by atoms with van der Waals surface area (Å²) in [4.78, 5) is 12.4. The molecular formula is C19H23NO4.